The summed E-state index contributed by atoms with van der Waals surface area (Å²) in [5.41, 5.74) is 0.918. The summed E-state index contributed by atoms with van der Waals surface area (Å²) >= 11 is 11.7. The highest BCUT2D eigenvalue weighted by molar-refractivity contribution is 6.30. The summed E-state index contributed by atoms with van der Waals surface area (Å²) in [6.45, 7) is 1.90. The quantitative estimate of drug-likeness (QED) is 0.937. The SMILES string of the molecule is CNc1nc(Cl)nc(Oc2cc(Cl)ccc2C)n1. The van der Waals surface area contributed by atoms with Crippen LogP contribution >= 0.6 is 23.2 Å². The van der Waals surface area contributed by atoms with Crippen molar-refractivity contribution in [3.05, 3.63) is 34.1 Å². The fourth-order valence-electron chi connectivity index (χ4n) is 1.27. The smallest absolute Gasteiger partial charge is 0.328 e. The van der Waals surface area contributed by atoms with E-state index < -0.39 is 0 Å². The molecule has 94 valence electrons. The molecule has 0 aliphatic carbocycles. The molecule has 2 aromatic rings. The highest BCUT2D eigenvalue weighted by Crippen LogP contribution is 2.26. The summed E-state index contributed by atoms with van der Waals surface area (Å²) in [5, 5.41) is 3.40. The van der Waals surface area contributed by atoms with Crippen molar-refractivity contribution < 1.29 is 4.74 Å². The zero-order valence-electron chi connectivity index (χ0n) is 9.74. The van der Waals surface area contributed by atoms with E-state index in [-0.39, 0.29) is 11.3 Å². The molecule has 5 nitrogen and oxygen atoms in total. The second kappa shape index (κ2) is 5.37. The number of hydrogen-bond donors (Lipinski definition) is 1. The van der Waals surface area contributed by atoms with Crippen LogP contribution in [0.1, 0.15) is 5.56 Å². The third-order valence-corrected chi connectivity index (χ3v) is 2.57. The molecular formula is C11H10Cl2N4O. The minimum atomic E-state index is 0.0593. The van der Waals surface area contributed by atoms with Gasteiger partial charge in [0, 0.05) is 12.1 Å². The first-order valence-corrected chi connectivity index (χ1v) is 5.87. The fourth-order valence-corrected chi connectivity index (χ4v) is 1.59. The maximum absolute atomic E-state index is 5.90. The Hall–Kier alpha value is -1.59. The van der Waals surface area contributed by atoms with Crippen LogP contribution in [0, 0.1) is 6.92 Å². The predicted molar refractivity (Wildman–Crippen MR) is 70.6 cm³/mol. The lowest BCUT2D eigenvalue weighted by molar-refractivity contribution is 0.437. The Labute approximate surface area is 114 Å². The summed E-state index contributed by atoms with van der Waals surface area (Å²) < 4.78 is 5.54. The molecule has 1 aromatic carbocycles. The number of benzene rings is 1. The maximum Gasteiger partial charge on any atom is 0.328 e. The van der Waals surface area contributed by atoms with Crippen molar-refractivity contribution in [2.45, 2.75) is 6.92 Å². The summed E-state index contributed by atoms with van der Waals surface area (Å²) in [5.74, 6) is 0.913. The molecule has 1 aromatic heterocycles. The van der Waals surface area contributed by atoms with Crippen molar-refractivity contribution in [3.63, 3.8) is 0 Å². The van der Waals surface area contributed by atoms with Gasteiger partial charge in [0.2, 0.25) is 11.2 Å². The number of nitrogens with zero attached hydrogens (tertiary/aromatic N) is 3. The Morgan fingerprint density at radius 3 is 2.67 bits per heavy atom. The normalized spacial score (nSPS) is 10.2. The number of aryl methyl sites for hydroxylation is 1. The van der Waals surface area contributed by atoms with E-state index in [1.807, 2.05) is 13.0 Å². The van der Waals surface area contributed by atoms with Crippen LogP contribution in [0.3, 0.4) is 0 Å². The number of ether oxygens (including phenoxy) is 1. The first-order chi connectivity index (χ1) is 8.58. The summed E-state index contributed by atoms with van der Waals surface area (Å²) in [6, 6.07) is 5.43. The highest BCUT2D eigenvalue weighted by Gasteiger charge is 2.08. The minimum absolute atomic E-state index is 0.0593. The third-order valence-electron chi connectivity index (χ3n) is 2.16. The molecule has 2 rings (SSSR count). The van der Waals surface area contributed by atoms with Gasteiger partial charge in [-0.1, -0.05) is 17.7 Å². The van der Waals surface area contributed by atoms with Crippen molar-refractivity contribution in [2.75, 3.05) is 12.4 Å². The Kier molecular flexibility index (Phi) is 3.84. The molecule has 0 radical (unpaired) electrons. The lowest BCUT2D eigenvalue weighted by Gasteiger charge is -2.08. The van der Waals surface area contributed by atoms with Crippen LogP contribution in [0.2, 0.25) is 10.3 Å². The third kappa shape index (κ3) is 3.00. The van der Waals surface area contributed by atoms with Gasteiger partial charge in [-0.15, -0.1) is 0 Å². The zero-order valence-corrected chi connectivity index (χ0v) is 11.2. The van der Waals surface area contributed by atoms with Gasteiger partial charge in [0.05, 0.1) is 0 Å². The second-order valence-corrected chi connectivity index (χ2v) is 4.25. The van der Waals surface area contributed by atoms with Crippen LogP contribution in [0.5, 0.6) is 11.8 Å². The molecule has 0 aliphatic heterocycles. The average molecular weight is 285 g/mol. The largest absolute Gasteiger partial charge is 0.424 e. The number of aromatic nitrogens is 3. The molecule has 0 amide bonds. The number of rotatable bonds is 3. The summed E-state index contributed by atoms with van der Waals surface area (Å²) in [6.07, 6.45) is 0. The fraction of sp³-hybridized carbons (Fsp3) is 0.182. The van der Waals surface area contributed by atoms with Crippen molar-refractivity contribution in [3.8, 4) is 11.8 Å². The van der Waals surface area contributed by atoms with Crippen molar-refractivity contribution in [2.24, 2.45) is 0 Å². The van der Waals surface area contributed by atoms with Crippen LogP contribution in [0.15, 0.2) is 18.2 Å². The van der Waals surface area contributed by atoms with Crippen LogP contribution in [-0.2, 0) is 0 Å². The van der Waals surface area contributed by atoms with E-state index in [0.29, 0.717) is 16.7 Å². The van der Waals surface area contributed by atoms with Crippen LogP contribution < -0.4 is 10.1 Å². The molecule has 0 unspecified atom stereocenters. The molecule has 0 bridgehead atoms. The van der Waals surface area contributed by atoms with Gasteiger partial charge < -0.3 is 10.1 Å². The Balaban J connectivity index is 2.33. The lowest BCUT2D eigenvalue weighted by atomic mass is 10.2. The molecule has 0 aliphatic rings. The van der Waals surface area contributed by atoms with Gasteiger partial charge in [-0.2, -0.15) is 15.0 Å². The van der Waals surface area contributed by atoms with E-state index in [0.717, 1.165) is 5.56 Å². The van der Waals surface area contributed by atoms with Crippen molar-refractivity contribution >= 4 is 29.2 Å². The molecule has 0 saturated carbocycles. The molecule has 0 spiro atoms. The van der Waals surface area contributed by atoms with Crippen LogP contribution in [0.25, 0.3) is 0 Å². The molecule has 1 N–H and O–H groups in total. The molecular weight excluding hydrogens is 275 g/mol. The Morgan fingerprint density at radius 2 is 1.94 bits per heavy atom. The molecule has 0 saturated heterocycles. The number of halogens is 2. The standard InChI is InChI=1S/C11H10Cl2N4O/c1-6-3-4-7(12)5-8(6)18-11-16-9(13)15-10(14-2)17-11/h3-5H,1-2H3,(H,14,15,16,17). The Morgan fingerprint density at radius 1 is 1.17 bits per heavy atom. The summed E-state index contributed by atoms with van der Waals surface area (Å²) in [7, 11) is 1.68. The molecule has 7 heteroatoms. The van der Waals surface area contributed by atoms with Crippen LogP contribution in [0.4, 0.5) is 5.95 Å². The number of nitrogens with one attached hydrogen (secondary N) is 1. The van der Waals surface area contributed by atoms with Gasteiger partial charge in [0.15, 0.2) is 0 Å². The van der Waals surface area contributed by atoms with E-state index in [9.17, 15) is 0 Å². The van der Waals surface area contributed by atoms with Gasteiger partial charge in [-0.25, -0.2) is 0 Å². The van der Waals surface area contributed by atoms with Gasteiger partial charge >= 0.3 is 6.01 Å². The van der Waals surface area contributed by atoms with Gasteiger partial charge in [-0.3, -0.25) is 0 Å². The molecule has 0 atom stereocenters. The topological polar surface area (TPSA) is 59.9 Å². The first-order valence-electron chi connectivity index (χ1n) is 5.12. The predicted octanol–water partition coefficient (Wildman–Crippen LogP) is 3.32. The number of anilines is 1. The highest BCUT2D eigenvalue weighted by atomic mass is 35.5. The van der Waals surface area contributed by atoms with E-state index >= 15 is 0 Å². The van der Waals surface area contributed by atoms with E-state index in [1.165, 1.54) is 0 Å². The maximum atomic E-state index is 5.90. The monoisotopic (exact) mass is 284 g/mol. The molecule has 18 heavy (non-hydrogen) atoms. The van der Waals surface area contributed by atoms with Gasteiger partial charge in [0.1, 0.15) is 5.75 Å². The van der Waals surface area contributed by atoms with E-state index in [2.05, 4.69) is 20.3 Å². The van der Waals surface area contributed by atoms with Gasteiger partial charge in [-0.05, 0) is 36.2 Å². The number of hydrogen-bond acceptors (Lipinski definition) is 5. The van der Waals surface area contributed by atoms with Gasteiger partial charge in [0.25, 0.3) is 0 Å². The molecule has 0 fully saturated rings. The van der Waals surface area contributed by atoms with Crippen LogP contribution in [-0.4, -0.2) is 22.0 Å². The first kappa shape index (κ1) is 12.9. The lowest BCUT2D eigenvalue weighted by Crippen LogP contribution is -2.01. The molecule has 1 heterocycles. The van der Waals surface area contributed by atoms with Crippen molar-refractivity contribution in [1.29, 1.82) is 0 Å². The van der Waals surface area contributed by atoms with E-state index in [1.54, 1.807) is 19.2 Å². The van der Waals surface area contributed by atoms with E-state index in [4.69, 9.17) is 27.9 Å². The second-order valence-electron chi connectivity index (χ2n) is 3.47. The van der Waals surface area contributed by atoms with Crippen molar-refractivity contribution in [1.82, 2.24) is 15.0 Å². The zero-order chi connectivity index (χ0) is 13.1. The Bertz CT molecular complexity index is 577. The summed E-state index contributed by atoms with van der Waals surface area (Å²) in [4.78, 5) is 11.8. The minimum Gasteiger partial charge on any atom is -0.424 e. The average Bonchev–Trinajstić information content (AvgIpc) is 2.33.